The molecule has 3 rings (SSSR count). The van der Waals surface area contributed by atoms with Crippen LogP contribution in [-0.4, -0.2) is 47.0 Å². The molecule has 0 radical (unpaired) electrons. The lowest BCUT2D eigenvalue weighted by Crippen LogP contribution is -2.29. The van der Waals surface area contributed by atoms with Crippen molar-refractivity contribution in [1.29, 1.82) is 0 Å². The van der Waals surface area contributed by atoms with Gasteiger partial charge in [0, 0.05) is 54.8 Å². The first kappa shape index (κ1) is 17.6. The number of hydrogen-bond donors (Lipinski definition) is 2. The molecule has 0 bridgehead atoms. The number of carbonyl (C=O) groups excluding carboxylic acids is 1. The highest BCUT2D eigenvalue weighted by Gasteiger charge is 2.15. The molecule has 1 fully saturated rings. The number of aromatic nitrogens is 3. The molecule has 132 valence electrons. The molecule has 1 amide bonds. The van der Waals surface area contributed by atoms with E-state index >= 15 is 0 Å². The van der Waals surface area contributed by atoms with E-state index in [4.69, 9.17) is 0 Å². The summed E-state index contributed by atoms with van der Waals surface area (Å²) in [5, 5.41) is 6.03. The van der Waals surface area contributed by atoms with Crippen LogP contribution in [0.3, 0.4) is 0 Å². The van der Waals surface area contributed by atoms with Crippen molar-refractivity contribution in [3.63, 3.8) is 0 Å². The van der Waals surface area contributed by atoms with Crippen LogP contribution in [0, 0.1) is 6.92 Å². The topological polar surface area (TPSA) is 83.0 Å². The molecule has 1 aliphatic rings. The Morgan fingerprint density at radius 3 is 2.76 bits per heavy atom. The van der Waals surface area contributed by atoms with Gasteiger partial charge in [0.1, 0.15) is 5.82 Å². The molecular weight excluding hydrogens is 384 g/mol. The Labute approximate surface area is 155 Å². The molecule has 7 nitrogen and oxygen atoms in total. The lowest BCUT2D eigenvalue weighted by Gasteiger charge is -2.17. The maximum Gasteiger partial charge on any atom is 0.252 e. The van der Waals surface area contributed by atoms with E-state index in [1.165, 1.54) is 12.8 Å². The molecule has 0 unspecified atom stereocenters. The molecule has 0 spiro atoms. The van der Waals surface area contributed by atoms with Crippen molar-refractivity contribution in [3.8, 4) is 0 Å². The molecule has 3 heterocycles. The highest BCUT2D eigenvalue weighted by Crippen LogP contribution is 2.19. The summed E-state index contributed by atoms with van der Waals surface area (Å²) >= 11 is 3.31. The van der Waals surface area contributed by atoms with Gasteiger partial charge in [-0.2, -0.15) is 4.98 Å². The maximum absolute atomic E-state index is 12.1. The summed E-state index contributed by atoms with van der Waals surface area (Å²) in [4.78, 5) is 27.3. The van der Waals surface area contributed by atoms with Gasteiger partial charge in [-0.3, -0.25) is 9.78 Å². The molecule has 2 aromatic heterocycles. The predicted octanol–water partition coefficient (Wildman–Crippen LogP) is 2.38. The van der Waals surface area contributed by atoms with Crippen LogP contribution in [0.1, 0.15) is 28.9 Å². The fourth-order valence-corrected chi connectivity index (χ4v) is 3.09. The molecule has 0 aromatic carbocycles. The summed E-state index contributed by atoms with van der Waals surface area (Å²) in [6, 6.07) is 3.75. The first-order valence-electron chi connectivity index (χ1n) is 8.35. The zero-order valence-corrected chi connectivity index (χ0v) is 15.7. The lowest BCUT2D eigenvalue weighted by molar-refractivity contribution is 0.0954. The summed E-state index contributed by atoms with van der Waals surface area (Å²) in [5.74, 6) is 1.41. The van der Waals surface area contributed by atoms with E-state index in [1.807, 2.05) is 13.0 Å². The molecule has 2 N–H and O–H groups in total. The monoisotopic (exact) mass is 404 g/mol. The third-order valence-corrected chi connectivity index (χ3v) is 4.37. The van der Waals surface area contributed by atoms with E-state index in [9.17, 15) is 4.79 Å². The smallest absolute Gasteiger partial charge is 0.252 e. The summed E-state index contributed by atoms with van der Waals surface area (Å²) in [5.41, 5.74) is 1.46. The highest BCUT2D eigenvalue weighted by molar-refractivity contribution is 9.10. The third-order valence-electron chi connectivity index (χ3n) is 3.93. The van der Waals surface area contributed by atoms with Crippen molar-refractivity contribution >= 4 is 33.6 Å². The van der Waals surface area contributed by atoms with Crippen molar-refractivity contribution < 1.29 is 4.79 Å². The zero-order valence-electron chi connectivity index (χ0n) is 14.1. The zero-order chi connectivity index (χ0) is 17.6. The van der Waals surface area contributed by atoms with Crippen LogP contribution < -0.4 is 15.5 Å². The summed E-state index contributed by atoms with van der Waals surface area (Å²) in [6.07, 6.45) is 5.61. The Morgan fingerprint density at radius 1 is 1.20 bits per heavy atom. The van der Waals surface area contributed by atoms with Crippen molar-refractivity contribution in [3.05, 3.63) is 40.3 Å². The second kappa shape index (κ2) is 8.24. The van der Waals surface area contributed by atoms with Crippen molar-refractivity contribution in [1.82, 2.24) is 20.3 Å². The fraction of sp³-hybridized carbons (Fsp3) is 0.412. The Bertz CT molecular complexity index is 748. The largest absolute Gasteiger partial charge is 0.356 e. The number of amides is 1. The van der Waals surface area contributed by atoms with Crippen LogP contribution in [0.2, 0.25) is 0 Å². The molecular formula is C17H21BrN6O. The van der Waals surface area contributed by atoms with Gasteiger partial charge >= 0.3 is 0 Å². The molecule has 0 saturated carbocycles. The van der Waals surface area contributed by atoms with Crippen molar-refractivity contribution in [2.75, 3.05) is 36.4 Å². The molecule has 8 heteroatoms. The van der Waals surface area contributed by atoms with Crippen LogP contribution in [0.25, 0.3) is 0 Å². The van der Waals surface area contributed by atoms with E-state index in [0.29, 0.717) is 24.6 Å². The van der Waals surface area contributed by atoms with E-state index in [1.54, 1.807) is 18.5 Å². The van der Waals surface area contributed by atoms with Crippen molar-refractivity contribution in [2.45, 2.75) is 19.8 Å². The molecule has 2 aromatic rings. The molecule has 1 aliphatic heterocycles. The second-order valence-electron chi connectivity index (χ2n) is 5.96. The standard InChI is InChI=1S/C17H21BrN6O/c1-12-8-15(24-6-2-3-7-24)23-17(22-12)21-5-4-20-16(25)13-9-14(18)11-19-10-13/h8-11H,2-7H2,1H3,(H,20,25)(H,21,22,23). The van der Waals surface area contributed by atoms with Gasteiger partial charge in [0.05, 0.1) is 5.56 Å². The lowest BCUT2D eigenvalue weighted by atomic mass is 10.3. The molecule has 1 saturated heterocycles. The quantitative estimate of drug-likeness (QED) is 0.719. The number of pyridine rings is 1. The van der Waals surface area contributed by atoms with Crippen LogP contribution in [-0.2, 0) is 0 Å². The predicted molar refractivity (Wildman–Crippen MR) is 101 cm³/mol. The summed E-state index contributed by atoms with van der Waals surface area (Å²) in [7, 11) is 0. The van der Waals surface area contributed by atoms with Crippen molar-refractivity contribution in [2.24, 2.45) is 0 Å². The number of nitrogens with zero attached hydrogens (tertiary/aromatic N) is 4. The van der Waals surface area contributed by atoms with Gasteiger partial charge in [-0.25, -0.2) is 4.98 Å². The average Bonchev–Trinajstić information content (AvgIpc) is 3.13. The van der Waals surface area contributed by atoms with Gasteiger partial charge in [0.15, 0.2) is 0 Å². The van der Waals surface area contributed by atoms with Crippen LogP contribution >= 0.6 is 15.9 Å². The minimum Gasteiger partial charge on any atom is -0.356 e. The van der Waals surface area contributed by atoms with Gasteiger partial charge in [0.25, 0.3) is 5.91 Å². The first-order valence-corrected chi connectivity index (χ1v) is 9.14. The van der Waals surface area contributed by atoms with Crippen LogP contribution in [0.15, 0.2) is 29.0 Å². The minimum atomic E-state index is -0.154. The second-order valence-corrected chi connectivity index (χ2v) is 6.88. The van der Waals surface area contributed by atoms with Gasteiger partial charge < -0.3 is 15.5 Å². The number of aryl methyl sites for hydroxylation is 1. The maximum atomic E-state index is 12.1. The number of anilines is 2. The normalized spacial score (nSPS) is 13.8. The highest BCUT2D eigenvalue weighted by atomic mass is 79.9. The first-order chi connectivity index (χ1) is 12.1. The summed E-state index contributed by atoms with van der Waals surface area (Å²) < 4.78 is 0.779. The molecule has 0 atom stereocenters. The van der Waals surface area contributed by atoms with Gasteiger partial charge in [0.2, 0.25) is 5.95 Å². The summed E-state index contributed by atoms with van der Waals surface area (Å²) in [6.45, 7) is 5.09. The number of halogens is 1. The van der Waals surface area contributed by atoms with Crippen LogP contribution in [0.5, 0.6) is 0 Å². The van der Waals surface area contributed by atoms with Gasteiger partial charge in [-0.1, -0.05) is 0 Å². The minimum absolute atomic E-state index is 0.154. The Balaban J connectivity index is 1.51. The Morgan fingerprint density at radius 2 is 2.00 bits per heavy atom. The van der Waals surface area contributed by atoms with Gasteiger partial charge in [-0.15, -0.1) is 0 Å². The van der Waals surface area contributed by atoms with Gasteiger partial charge in [-0.05, 0) is 41.8 Å². The number of nitrogens with one attached hydrogen (secondary N) is 2. The molecule has 25 heavy (non-hydrogen) atoms. The average molecular weight is 405 g/mol. The van der Waals surface area contributed by atoms with E-state index in [-0.39, 0.29) is 5.91 Å². The number of hydrogen-bond acceptors (Lipinski definition) is 6. The number of rotatable bonds is 6. The Kier molecular flexibility index (Phi) is 5.80. The van der Waals surface area contributed by atoms with E-state index in [2.05, 4.69) is 46.4 Å². The third kappa shape index (κ3) is 4.88. The molecule has 0 aliphatic carbocycles. The van der Waals surface area contributed by atoms with E-state index < -0.39 is 0 Å². The fourth-order valence-electron chi connectivity index (χ4n) is 2.73. The number of carbonyl (C=O) groups is 1. The van der Waals surface area contributed by atoms with Crippen LogP contribution in [0.4, 0.5) is 11.8 Å². The Hall–Kier alpha value is -2.22. The van der Waals surface area contributed by atoms with E-state index in [0.717, 1.165) is 29.1 Å². The SMILES string of the molecule is Cc1cc(N2CCCC2)nc(NCCNC(=O)c2cncc(Br)c2)n1.